The molecule has 0 saturated heterocycles. The summed E-state index contributed by atoms with van der Waals surface area (Å²) < 4.78 is 5.26. The van der Waals surface area contributed by atoms with E-state index in [1.807, 2.05) is 29.0 Å². The van der Waals surface area contributed by atoms with Gasteiger partial charge in [0.25, 0.3) is 0 Å². The van der Waals surface area contributed by atoms with Crippen LogP contribution in [-0.4, -0.2) is 16.0 Å². The van der Waals surface area contributed by atoms with Gasteiger partial charge in [-0.2, -0.15) is 4.98 Å². The predicted molar refractivity (Wildman–Crippen MR) is 101 cm³/mol. The summed E-state index contributed by atoms with van der Waals surface area (Å²) in [5.41, 5.74) is 0. The van der Waals surface area contributed by atoms with Gasteiger partial charge < -0.3 is 9.84 Å². The molecule has 0 aliphatic rings. The molecule has 0 radical (unpaired) electrons. The van der Waals surface area contributed by atoms with E-state index >= 15 is 0 Å². The first-order valence-corrected chi connectivity index (χ1v) is 10.1. The fourth-order valence-corrected chi connectivity index (χ4v) is 4.14. The zero-order chi connectivity index (χ0) is 17.6. The van der Waals surface area contributed by atoms with Crippen LogP contribution in [0.2, 0.25) is 0 Å². The summed E-state index contributed by atoms with van der Waals surface area (Å²) in [5, 5.41) is 11.1. The van der Waals surface area contributed by atoms with Crippen molar-refractivity contribution >= 4 is 28.6 Å². The molecule has 132 valence electrons. The highest BCUT2D eigenvalue weighted by Gasteiger charge is 2.19. The molecular weight excluding hydrogens is 354 g/mol. The lowest BCUT2D eigenvalue weighted by atomic mass is 10.0. The van der Waals surface area contributed by atoms with E-state index in [0.29, 0.717) is 36.9 Å². The Morgan fingerprint density at radius 2 is 2.04 bits per heavy atom. The van der Waals surface area contributed by atoms with Crippen LogP contribution in [0, 0.1) is 5.92 Å². The predicted octanol–water partition coefficient (Wildman–Crippen LogP) is 4.70. The first-order valence-electron chi connectivity index (χ1n) is 8.32. The largest absolute Gasteiger partial charge is 0.348 e. The molecule has 0 spiro atoms. The van der Waals surface area contributed by atoms with Crippen molar-refractivity contribution in [3.63, 3.8) is 0 Å². The summed E-state index contributed by atoms with van der Waals surface area (Å²) in [6.07, 6.45) is 1.75. The van der Waals surface area contributed by atoms with Crippen LogP contribution in [0.1, 0.15) is 43.5 Å². The Morgan fingerprint density at radius 1 is 1.24 bits per heavy atom. The van der Waals surface area contributed by atoms with Crippen LogP contribution in [0.5, 0.6) is 0 Å². The van der Waals surface area contributed by atoms with Gasteiger partial charge in [-0.15, -0.1) is 22.7 Å². The standard InChI is InChI=1S/C18H21N3O2S2/c1-12(2)17(13-6-4-10-24-13)19-15(22)8-3-9-16-20-18(21-23-16)14-7-5-11-25-14/h4-7,10-12,17H,3,8-9H2,1-2H3,(H,19,22). The summed E-state index contributed by atoms with van der Waals surface area (Å²) in [5.74, 6) is 1.61. The molecule has 25 heavy (non-hydrogen) atoms. The van der Waals surface area contributed by atoms with Gasteiger partial charge >= 0.3 is 0 Å². The molecule has 1 N–H and O–H groups in total. The molecule has 0 aromatic carbocycles. The Kier molecular flexibility index (Phi) is 5.99. The van der Waals surface area contributed by atoms with E-state index in [-0.39, 0.29) is 11.9 Å². The van der Waals surface area contributed by atoms with E-state index < -0.39 is 0 Å². The van der Waals surface area contributed by atoms with Gasteiger partial charge in [-0.05, 0) is 35.2 Å². The first-order chi connectivity index (χ1) is 12.1. The highest BCUT2D eigenvalue weighted by Crippen LogP contribution is 2.26. The van der Waals surface area contributed by atoms with Crippen LogP contribution < -0.4 is 5.32 Å². The van der Waals surface area contributed by atoms with Gasteiger partial charge in [0.05, 0.1) is 10.9 Å². The van der Waals surface area contributed by atoms with E-state index in [1.54, 1.807) is 22.7 Å². The van der Waals surface area contributed by atoms with Crippen LogP contribution in [0.15, 0.2) is 39.5 Å². The SMILES string of the molecule is CC(C)C(NC(=O)CCCc1nc(-c2cccs2)no1)c1cccs1. The normalized spacial score (nSPS) is 12.4. The van der Waals surface area contributed by atoms with E-state index in [9.17, 15) is 4.79 Å². The maximum Gasteiger partial charge on any atom is 0.226 e. The topological polar surface area (TPSA) is 68.0 Å². The lowest BCUT2D eigenvalue weighted by Gasteiger charge is -2.21. The highest BCUT2D eigenvalue weighted by molar-refractivity contribution is 7.13. The number of carbonyl (C=O) groups is 1. The molecule has 3 aromatic heterocycles. The fourth-order valence-electron chi connectivity index (χ4n) is 2.54. The first kappa shape index (κ1) is 17.8. The minimum atomic E-state index is 0.0603. The number of hydrogen-bond donors (Lipinski definition) is 1. The molecule has 0 aliphatic heterocycles. The van der Waals surface area contributed by atoms with Crippen molar-refractivity contribution in [3.8, 4) is 10.7 Å². The Bertz CT molecular complexity index is 779. The maximum absolute atomic E-state index is 12.3. The molecule has 1 amide bonds. The van der Waals surface area contributed by atoms with Crippen LogP contribution in [0.3, 0.4) is 0 Å². The number of thiophene rings is 2. The van der Waals surface area contributed by atoms with Crippen molar-refractivity contribution in [2.24, 2.45) is 5.92 Å². The number of aromatic nitrogens is 2. The molecule has 1 atom stereocenters. The zero-order valence-electron chi connectivity index (χ0n) is 14.3. The molecule has 7 heteroatoms. The molecule has 0 fully saturated rings. The molecule has 1 unspecified atom stereocenters. The lowest BCUT2D eigenvalue weighted by molar-refractivity contribution is -0.122. The van der Waals surface area contributed by atoms with Crippen molar-refractivity contribution in [2.75, 3.05) is 0 Å². The van der Waals surface area contributed by atoms with Gasteiger partial charge in [0.15, 0.2) is 0 Å². The summed E-state index contributed by atoms with van der Waals surface area (Å²) in [4.78, 5) is 18.8. The molecule has 0 aliphatic carbocycles. The molecule has 3 heterocycles. The number of hydrogen-bond acceptors (Lipinski definition) is 6. The number of nitrogens with one attached hydrogen (secondary N) is 1. The molecule has 3 aromatic rings. The van der Waals surface area contributed by atoms with Gasteiger partial charge in [0, 0.05) is 17.7 Å². The molecular formula is C18H21N3O2S2. The van der Waals surface area contributed by atoms with Gasteiger partial charge in [0.1, 0.15) is 0 Å². The van der Waals surface area contributed by atoms with Crippen LogP contribution in [-0.2, 0) is 11.2 Å². The van der Waals surface area contributed by atoms with E-state index in [1.165, 1.54) is 4.88 Å². The summed E-state index contributed by atoms with van der Waals surface area (Å²) >= 11 is 3.25. The van der Waals surface area contributed by atoms with Gasteiger partial charge in [-0.25, -0.2) is 0 Å². The van der Waals surface area contributed by atoms with E-state index in [2.05, 4.69) is 35.4 Å². The zero-order valence-corrected chi connectivity index (χ0v) is 15.9. The molecule has 0 saturated carbocycles. The number of carbonyl (C=O) groups excluding carboxylic acids is 1. The average Bonchev–Trinajstić information content (AvgIpc) is 3.32. The monoisotopic (exact) mass is 375 g/mol. The van der Waals surface area contributed by atoms with Crippen molar-refractivity contribution < 1.29 is 9.32 Å². The number of rotatable bonds is 8. The smallest absolute Gasteiger partial charge is 0.226 e. The Labute approximate surface area is 155 Å². The van der Waals surface area contributed by atoms with E-state index in [4.69, 9.17) is 4.52 Å². The molecule has 3 rings (SSSR count). The highest BCUT2D eigenvalue weighted by atomic mass is 32.1. The van der Waals surface area contributed by atoms with Crippen molar-refractivity contribution in [3.05, 3.63) is 45.8 Å². The van der Waals surface area contributed by atoms with E-state index in [0.717, 1.165) is 4.88 Å². The maximum atomic E-state index is 12.3. The third kappa shape index (κ3) is 4.76. The Morgan fingerprint density at radius 3 is 2.72 bits per heavy atom. The van der Waals surface area contributed by atoms with Crippen molar-refractivity contribution in [1.82, 2.24) is 15.5 Å². The van der Waals surface area contributed by atoms with Crippen molar-refractivity contribution in [1.29, 1.82) is 0 Å². The van der Waals surface area contributed by atoms with Gasteiger partial charge in [-0.1, -0.05) is 31.1 Å². The Balaban J connectivity index is 1.48. The van der Waals surface area contributed by atoms with Gasteiger partial charge in [-0.3, -0.25) is 4.79 Å². The van der Waals surface area contributed by atoms with Crippen LogP contribution in [0.4, 0.5) is 0 Å². The second-order valence-electron chi connectivity index (χ2n) is 6.15. The second kappa shape index (κ2) is 8.40. The van der Waals surface area contributed by atoms with Crippen LogP contribution >= 0.6 is 22.7 Å². The third-order valence-electron chi connectivity index (χ3n) is 3.84. The lowest BCUT2D eigenvalue weighted by Crippen LogP contribution is -2.31. The fraction of sp³-hybridized carbons (Fsp3) is 0.389. The molecule has 0 bridgehead atoms. The number of nitrogens with zero attached hydrogens (tertiary/aromatic N) is 2. The summed E-state index contributed by atoms with van der Waals surface area (Å²) in [6, 6.07) is 8.08. The third-order valence-corrected chi connectivity index (χ3v) is 5.66. The van der Waals surface area contributed by atoms with Crippen molar-refractivity contribution in [2.45, 2.75) is 39.2 Å². The summed E-state index contributed by atoms with van der Waals surface area (Å²) in [6.45, 7) is 4.24. The van der Waals surface area contributed by atoms with Gasteiger partial charge in [0.2, 0.25) is 17.6 Å². The average molecular weight is 376 g/mol. The quantitative estimate of drug-likeness (QED) is 0.620. The minimum Gasteiger partial charge on any atom is -0.348 e. The second-order valence-corrected chi connectivity index (χ2v) is 8.07. The minimum absolute atomic E-state index is 0.0603. The molecule has 5 nitrogen and oxygen atoms in total. The number of aryl methyl sites for hydroxylation is 1. The Hall–Kier alpha value is -1.99. The summed E-state index contributed by atoms with van der Waals surface area (Å²) in [7, 11) is 0. The van der Waals surface area contributed by atoms with Crippen LogP contribution in [0.25, 0.3) is 10.7 Å². The number of amides is 1.